The molecule has 48 valence electrons. The van der Waals surface area contributed by atoms with E-state index in [2.05, 4.69) is 0 Å². The second kappa shape index (κ2) is 7.75. The van der Waals surface area contributed by atoms with Gasteiger partial charge in [0.15, 0.2) is 6.16 Å². The molecule has 0 bridgehead atoms. The van der Waals surface area contributed by atoms with Gasteiger partial charge < -0.3 is 0 Å². The maximum atomic E-state index is 9.91. The summed E-state index contributed by atoms with van der Waals surface area (Å²) in [5.41, 5.74) is 0. The van der Waals surface area contributed by atoms with E-state index in [1.165, 1.54) is 0 Å². The summed E-state index contributed by atoms with van der Waals surface area (Å²) in [5.74, 6) is 0. The van der Waals surface area contributed by atoms with Gasteiger partial charge in [0.2, 0.25) is 0 Å². The maximum Gasteiger partial charge on any atom is 0.505 e. The van der Waals surface area contributed by atoms with Gasteiger partial charge in [-0.2, -0.15) is 4.89 Å². The van der Waals surface area contributed by atoms with Gasteiger partial charge in [0.25, 0.3) is 0 Å². The molecule has 4 heteroatoms. The third-order valence-corrected chi connectivity index (χ3v) is 1.40. The topological polar surface area (TPSA) is 37.3 Å². The van der Waals surface area contributed by atoms with E-state index < -0.39 is 8.03 Å². The molecule has 0 aromatic carbocycles. The van der Waals surface area contributed by atoms with Gasteiger partial charge >= 0.3 is 8.03 Å². The molecule has 0 aliphatic rings. The van der Waals surface area contributed by atoms with Crippen LogP contribution in [0.4, 0.5) is 0 Å². The zero-order chi connectivity index (χ0) is 5.70. The van der Waals surface area contributed by atoms with Crippen molar-refractivity contribution in [3.8, 4) is 0 Å². The summed E-state index contributed by atoms with van der Waals surface area (Å²) in [6.07, 6.45) is 2.33. The minimum atomic E-state index is -1.86. The van der Waals surface area contributed by atoms with E-state index in [0.717, 1.165) is 12.8 Å². The van der Waals surface area contributed by atoms with E-state index in [0.29, 0.717) is 6.16 Å². The minimum absolute atomic E-state index is 0. The average Bonchev–Trinajstić information content (AvgIpc) is 1.61. The van der Waals surface area contributed by atoms with Crippen LogP contribution < -0.4 is 0 Å². The molecule has 0 saturated carbocycles. The van der Waals surface area contributed by atoms with Crippen LogP contribution in [-0.4, -0.2) is 11.1 Å². The van der Waals surface area contributed by atoms with Crippen LogP contribution in [-0.2, 0) is 25.6 Å². The molecule has 0 aliphatic carbocycles. The maximum absolute atomic E-state index is 9.91. The molecule has 1 unspecified atom stereocenters. The zero-order valence-corrected chi connectivity index (χ0v) is 7.73. The van der Waals surface area contributed by atoms with Gasteiger partial charge in [0.05, 0.1) is 0 Å². The van der Waals surface area contributed by atoms with Gasteiger partial charge in [-0.3, -0.25) is 0 Å². The van der Waals surface area contributed by atoms with E-state index in [1.54, 1.807) is 0 Å². The molecule has 0 radical (unpaired) electrons. The van der Waals surface area contributed by atoms with Crippen molar-refractivity contribution in [1.29, 1.82) is 0 Å². The van der Waals surface area contributed by atoms with Crippen molar-refractivity contribution in [3.63, 3.8) is 0 Å². The first kappa shape index (κ1) is 11.5. The van der Waals surface area contributed by atoms with Gasteiger partial charge in [-0.15, -0.1) is 0 Å². The fourth-order valence-corrected chi connectivity index (χ4v) is 0.880. The summed E-state index contributed by atoms with van der Waals surface area (Å²) in [6.45, 7) is 2.00. The molecule has 0 aliphatic heterocycles. The van der Waals surface area contributed by atoms with E-state index in [1.807, 2.05) is 6.92 Å². The molecular weight excluding hydrogens is 207 g/mol. The Morgan fingerprint density at radius 3 is 2.25 bits per heavy atom. The van der Waals surface area contributed by atoms with E-state index >= 15 is 0 Å². The standard InChI is InChI=1S/C4H9O2P.Mo/c1-2-3-4-7(5)6;/h2-4H2,1H3;/p+1. The van der Waals surface area contributed by atoms with Crippen LogP contribution in [0.5, 0.6) is 0 Å². The zero-order valence-electron chi connectivity index (χ0n) is 4.83. The first-order valence-corrected chi connectivity index (χ1v) is 3.80. The molecule has 0 aromatic rings. The van der Waals surface area contributed by atoms with E-state index in [4.69, 9.17) is 4.89 Å². The Hall–Kier alpha value is 0.748. The summed E-state index contributed by atoms with van der Waals surface area (Å²) in [4.78, 5) is 8.19. The average molecular weight is 217 g/mol. The van der Waals surface area contributed by atoms with Crippen molar-refractivity contribution in [3.05, 3.63) is 0 Å². The van der Waals surface area contributed by atoms with Gasteiger partial charge in [0, 0.05) is 21.1 Å². The molecule has 8 heavy (non-hydrogen) atoms. The van der Waals surface area contributed by atoms with E-state index in [9.17, 15) is 4.57 Å². The SMILES string of the molecule is CCCC[P+](=O)O.[Mo]. The fraction of sp³-hybridized carbons (Fsp3) is 1.00. The van der Waals surface area contributed by atoms with Crippen molar-refractivity contribution in [1.82, 2.24) is 0 Å². The molecule has 0 amide bonds. The molecule has 1 N–H and O–H groups in total. The van der Waals surface area contributed by atoms with Crippen molar-refractivity contribution in [2.45, 2.75) is 19.8 Å². The number of unbranched alkanes of at least 4 members (excludes halogenated alkanes) is 1. The monoisotopic (exact) mass is 219 g/mol. The molecule has 0 spiro atoms. The summed E-state index contributed by atoms with van der Waals surface area (Å²) in [7, 11) is -1.86. The second-order valence-electron chi connectivity index (χ2n) is 1.43. The van der Waals surface area contributed by atoms with Crippen LogP contribution in [0.25, 0.3) is 0 Å². The van der Waals surface area contributed by atoms with Crippen LogP contribution in [0.15, 0.2) is 0 Å². The quantitative estimate of drug-likeness (QED) is 0.574. The van der Waals surface area contributed by atoms with Crippen LogP contribution in [0.3, 0.4) is 0 Å². The molecule has 0 saturated heterocycles. The van der Waals surface area contributed by atoms with Crippen LogP contribution >= 0.6 is 8.03 Å². The second-order valence-corrected chi connectivity index (χ2v) is 2.58. The Balaban J connectivity index is 0. The Kier molecular flexibility index (Phi) is 11.2. The van der Waals surface area contributed by atoms with Crippen LogP contribution in [0, 0.1) is 0 Å². The van der Waals surface area contributed by atoms with Gasteiger partial charge in [0.1, 0.15) is 0 Å². The smallest absolute Gasteiger partial charge is 0.161 e. The Morgan fingerprint density at radius 2 is 2.12 bits per heavy atom. The summed E-state index contributed by atoms with van der Waals surface area (Å²) < 4.78 is 9.91. The van der Waals surface area contributed by atoms with Crippen molar-refractivity contribution in [2.75, 3.05) is 6.16 Å². The molecule has 0 fully saturated rings. The van der Waals surface area contributed by atoms with Gasteiger partial charge in [-0.05, 0) is 11.0 Å². The normalized spacial score (nSPS) is 10.0. The molecular formula is C4H10MoO2P+. The fourth-order valence-electron chi connectivity index (χ4n) is 0.293. The Labute approximate surface area is 64.8 Å². The van der Waals surface area contributed by atoms with Crippen LogP contribution in [0.1, 0.15) is 19.8 Å². The molecule has 2 nitrogen and oxygen atoms in total. The van der Waals surface area contributed by atoms with E-state index in [-0.39, 0.29) is 21.1 Å². The van der Waals surface area contributed by atoms with Crippen molar-refractivity contribution in [2.24, 2.45) is 0 Å². The Bertz CT molecular complexity index is 67.1. The third kappa shape index (κ3) is 9.89. The summed E-state index contributed by atoms with van der Waals surface area (Å²) >= 11 is 0. The first-order valence-electron chi connectivity index (χ1n) is 2.41. The molecule has 0 heterocycles. The molecule has 1 atom stereocenters. The van der Waals surface area contributed by atoms with Crippen molar-refractivity contribution >= 4 is 8.03 Å². The number of rotatable bonds is 3. The largest absolute Gasteiger partial charge is 0.505 e. The number of hydrogen-bond donors (Lipinski definition) is 1. The predicted molar refractivity (Wildman–Crippen MR) is 29.6 cm³/mol. The predicted octanol–water partition coefficient (Wildman–Crippen LogP) is 1.52. The van der Waals surface area contributed by atoms with Gasteiger partial charge in [-0.1, -0.05) is 13.3 Å². The summed E-state index contributed by atoms with van der Waals surface area (Å²) in [6, 6.07) is 0. The minimum Gasteiger partial charge on any atom is -0.161 e. The van der Waals surface area contributed by atoms with Crippen molar-refractivity contribution < 1.29 is 30.5 Å². The van der Waals surface area contributed by atoms with Gasteiger partial charge in [-0.25, -0.2) is 0 Å². The molecule has 0 rings (SSSR count). The first-order chi connectivity index (χ1) is 3.27. The van der Waals surface area contributed by atoms with Crippen LogP contribution in [0.2, 0.25) is 0 Å². The Morgan fingerprint density at radius 1 is 1.62 bits per heavy atom. The summed E-state index contributed by atoms with van der Waals surface area (Å²) in [5, 5.41) is 0. The molecule has 0 aromatic heterocycles. The number of hydrogen-bond acceptors (Lipinski definition) is 1. The third-order valence-electron chi connectivity index (χ3n) is 0.703.